The highest BCUT2D eigenvalue weighted by Gasteiger charge is 1.95. The first-order valence-corrected chi connectivity index (χ1v) is 3.42. The first kappa shape index (κ1) is 7.35. The first-order chi connectivity index (χ1) is 4.74. The van der Waals surface area contributed by atoms with Crippen LogP contribution in [0.15, 0.2) is 18.2 Å². The Balaban J connectivity index is 3.16. The van der Waals surface area contributed by atoms with Gasteiger partial charge in [0.2, 0.25) is 0 Å². The largest absolute Gasteiger partial charge is 0.207 e. The molecule has 2 heteroatoms. The molecule has 1 aromatic rings. The van der Waals surface area contributed by atoms with Gasteiger partial charge in [0.15, 0.2) is 0 Å². The molecule has 0 nitrogen and oxygen atoms in total. The molecule has 0 bridgehead atoms. The van der Waals surface area contributed by atoms with Crippen LogP contribution in [0.3, 0.4) is 0 Å². The van der Waals surface area contributed by atoms with Crippen LogP contribution in [0.2, 0.25) is 0 Å². The van der Waals surface area contributed by atoms with E-state index in [9.17, 15) is 4.39 Å². The van der Waals surface area contributed by atoms with E-state index in [-0.39, 0.29) is 5.82 Å². The number of hydrogen-bond acceptors (Lipinski definition) is 1. The summed E-state index contributed by atoms with van der Waals surface area (Å²) in [6, 6.07) is 4.95. The fourth-order valence-electron chi connectivity index (χ4n) is 0.682. The van der Waals surface area contributed by atoms with Crippen LogP contribution in [0.5, 0.6) is 0 Å². The molecular formula is C8H7FS. The summed E-state index contributed by atoms with van der Waals surface area (Å²) in [4.78, 5) is 0. The van der Waals surface area contributed by atoms with E-state index in [1.165, 1.54) is 11.4 Å². The van der Waals surface area contributed by atoms with E-state index < -0.39 is 0 Å². The average molecular weight is 154 g/mol. The smallest absolute Gasteiger partial charge is 0.126 e. The Bertz CT molecular complexity index is 255. The number of aryl methyl sites for hydroxylation is 1. The van der Waals surface area contributed by atoms with Crippen molar-refractivity contribution in [1.29, 1.82) is 0 Å². The summed E-state index contributed by atoms with van der Waals surface area (Å²) in [5.41, 5.74) is 1.40. The van der Waals surface area contributed by atoms with Gasteiger partial charge in [-0.05, 0) is 24.1 Å². The molecule has 0 aliphatic carbocycles. The third-order valence-electron chi connectivity index (χ3n) is 1.33. The lowest BCUT2D eigenvalue weighted by Gasteiger charge is -1.95. The number of rotatable bonds is 1. The molecule has 0 atom stereocenters. The molecule has 0 spiro atoms. The molecule has 52 valence electrons. The first-order valence-electron chi connectivity index (χ1n) is 2.95. The second-order valence-corrected chi connectivity index (χ2v) is 2.36. The molecular weight excluding hydrogens is 147 g/mol. The lowest BCUT2D eigenvalue weighted by Crippen LogP contribution is -1.84. The summed E-state index contributed by atoms with van der Waals surface area (Å²) in [5.74, 6) is -0.196. The standard InChI is InChI=1S/C8H7FS/c1-6-2-3-7(5-10)4-8(6)9/h2-5H,1H3. The molecule has 0 amide bonds. The van der Waals surface area contributed by atoms with Gasteiger partial charge in [-0.1, -0.05) is 24.4 Å². The molecule has 0 fully saturated rings. The molecule has 0 radical (unpaired) electrons. The number of halogens is 1. The van der Waals surface area contributed by atoms with Crippen molar-refractivity contribution in [2.75, 3.05) is 0 Å². The lowest BCUT2D eigenvalue weighted by atomic mass is 10.2. The Hall–Kier alpha value is -0.760. The summed E-state index contributed by atoms with van der Waals surface area (Å²) >= 11 is 4.63. The lowest BCUT2D eigenvalue weighted by molar-refractivity contribution is 0.618. The van der Waals surface area contributed by atoms with Crippen molar-refractivity contribution in [1.82, 2.24) is 0 Å². The maximum Gasteiger partial charge on any atom is 0.126 e. The van der Waals surface area contributed by atoms with Gasteiger partial charge in [0.1, 0.15) is 5.82 Å². The highest BCUT2D eigenvalue weighted by atomic mass is 32.1. The average Bonchev–Trinajstić information content (AvgIpc) is 1.95. The van der Waals surface area contributed by atoms with Crippen LogP contribution in [0.25, 0.3) is 0 Å². The van der Waals surface area contributed by atoms with E-state index in [0.717, 1.165) is 5.56 Å². The van der Waals surface area contributed by atoms with Gasteiger partial charge in [-0.25, -0.2) is 4.39 Å². The minimum Gasteiger partial charge on any atom is -0.207 e. The maximum absolute atomic E-state index is 12.7. The van der Waals surface area contributed by atoms with Crippen LogP contribution in [0.4, 0.5) is 4.39 Å². The summed E-state index contributed by atoms with van der Waals surface area (Å²) in [6.45, 7) is 1.72. The fourth-order valence-corrected chi connectivity index (χ4v) is 0.829. The van der Waals surface area contributed by atoms with Gasteiger partial charge >= 0.3 is 0 Å². The Labute approximate surface area is 64.7 Å². The van der Waals surface area contributed by atoms with Crippen molar-refractivity contribution in [2.45, 2.75) is 6.92 Å². The van der Waals surface area contributed by atoms with Crippen LogP contribution in [0.1, 0.15) is 11.1 Å². The molecule has 0 heterocycles. The highest BCUT2D eigenvalue weighted by molar-refractivity contribution is 7.79. The summed E-state index contributed by atoms with van der Waals surface area (Å²) in [6.07, 6.45) is 0. The fraction of sp³-hybridized carbons (Fsp3) is 0.125. The monoisotopic (exact) mass is 154 g/mol. The Morgan fingerprint density at radius 3 is 2.70 bits per heavy atom. The van der Waals surface area contributed by atoms with Crippen molar-refractivity contribution in [2.24, 2.45) is 0 Å². The zero-order valence-corrected chi connectivity index (χ0v) is 6.41. The molecule has 10 heavy (non-hydrogen) atoms. The summed E-state index contributed by atoms with van der Waals surface area (Å²) in [5, 5.41) is 1.46. The Kier molecular flexibility index (Phi) is 2.12. The molecule has 0 aromatic heterocycles. The molecule has 0 N–H and O–H groups in total. The third kappa shape index (κ3) is 1.39. The minimum atomic E-state index is -0.196. The molecule has 0 saturated heterocycles. The second-order valence-electron chi connectivity index (χ2n) is 2.13. The van der Waals surface area contributed by atoms with Gasteiger partial charge in [-0.3, -0.25) is 0 Å². The zero-order chi connectivity index (χ0) is 7.56. The van der Waals surface area contributed by atoms with E-state index in [2.05, 4.69) is 12.2 Å². The predicted molar refractivity (Wildman–Crippen MR) is 43.9 cm³/mol. The maximum atomic E-state index is 12.7. The quantitative estimate of drug-likeness (QED) is 0.560. The van der Waals surface area contributed by atoms with Gasteiger partial charge in [-0.15, -0.1) is 0 Å². The van der Waals surface area contributed by atoms with Crippen molar-refractivity contribution in [3.8, 4) is 0 Å². The Morgan fingerprint density at radius 1 is 1.50 bits per heavy atom. The normalized spacial score (nSPS) is 9.40. The van der Waals surface area contributed by atoms with E-state index in [0.29, 0.717) is 5.56 Å². The molecule has 0 aliphatic heterocycles. The number of benzene rings is 1. The number of hydrogen-bond donors (Lipinski definition) is 0. The van der Waals surface area contributed by atoms with Crippen molar-refractivity contribution in [3.63, 3.8) is 0 Å². The second kappa shape index (κ2) is 2.88. The summed E-state index contributed by atoms with van der Waals surface area (Å²) < 4.78 is 12.7. The predicted octanol–water partition coefficient (Wildman–Crippen LogP) is 2.48. The SMILES string of the molecule is Cc1ccc(C=S)cc1F. The van der Waals surface area contributed by atoms with Crippen LogP contribution < -0.4 is 0 Å². The van der Waals surface area contributed by atoms with Crippen molar-refractivity contribution >= 4 is 17.6 Å². The molecule has 1 aromatic carbocycles. The van der Waals surface area contributed by atoms with Crippen LogP contribution in [-0.4, -0.2) is 5.37 Å². The van der Waals surface area contributed by atoms with Crippen molar-refractivity contribution in [3.05, 3.63) is 35.1 Å². The van der Waals surface area contributed by atoms with Gasteiger partial charge in [0.05, 0.1) is 0 Å². The molecule has 0 saturated carbocycles. The molecule has 1 rings (SSSR count). The van der Waals surface area contributed by atoms with E-state index >= 15 is 0 Å². The summed E-state index contributed by atoms with van der Waals surface area (Å²) in [7, 11) is 0. The van der Waals surface area contributed by atoms with Crippen LogP contribution >= 0.6 is 12.2 Å². The molecule has 0 unspecified atom stereocenters. The zero-order valence-electron chi connectivity index (χ0n) is 5.60. The topological polar surface area (TPSA) is 0 Å². The Morgan fingerprint density at radius 2 is 2.20 bits per heavy atom. The van der Waals surface area contributed by atoms with Gasteiger partial charge in [-0.2, -0.15) is 0 Å². The van der Waals surface area contributed by atoms with Crippen LogP contribution in [-0.2, 0) is 0 Å². The van der Waals surface area contributed by atoms with Crippen molar-refractivity contribution < 1.29 is 4.39 Å². The van der Waals surface area contributed by atoms with Gasteiger partial charge in [0.25, 0.3) is 0 Å². The minimum absolute atomic E-state index is 0.196. The van der Waals surface area contributed by atoms with Crippen LogP contribution in [0, 0.1) is 12.7 Å². The van der Waals surface area contributed by atoms with Gasteiger partial charge < -0.3 is 0 Å². The van der Waals surface area contributed by atoms with E-state index in [4.69, 9.17) is 0 Å². The third-order valence-corrected chi connectivity index (χ3v) is 1.60. The van der Waals surface area contributed by atoms with E-state index in [1.807, 2.05) is 0 Å². The molecule has 0 aliphatic rings. The van der Waals surface area contributed by atoms with E-state index in [1.54, 1.807) is 19.1 Å². The highest BCUT2D eigenvalue weighted by Crippen LogP contribution is 2.06. The number of thiocarbonyl (C=S) groups is 1. The van der Waals surface area contributed by atoms with Gasteiger partial charge in [0, 0.05) is 5.37 Å².